The van der Waals surface area contributed by atoms with Crippen LogP contribution in [0.5, 0.6) is 11.5 Å². The molecule has 1 atom stereocenters. The minimum absolute atomic E-state index is 0.194. The number of carbonyl (C=O) groups is 1. The van der Waals surface area contributed by atoms with E-state index in [2.05, 4.69) is 25.3 Å². The van der Waals surface area contributed by atoms with Crippen molar-refractivity contribution in [1.82, 2.24) is 25.1 Å². The highest BCUT2D eigenvalue weighted by molar-refractivity contribution is 5.86. The van der Waals surface area contributed by atoms with Crippen molar-refractivity contribution in [2.45, 2.75) is 31.9 Å². The molecule has 1 aromatic carbocycles. The number of hydrogen-bond acceptors (Lipinski definition) is 7. The lowest BCUT2D eigenvalue weighted by Crippen LogP contribution is -2.44. The van der Waals surface area contributed by atoms with Crippen LogP contribution in [0, 0.1) is 0 Å². The Morgan fingerprint density at radius 1 is 1.13 bits per heavy atom. The minimum atomic E-state index is -0.665. The van der Waals surface area contributed by atoms with Gasteiger partial charge in [-0.1, -0.05) is 12.1 Å². The Bertz CT molecular complexity index is 1050. The van der Waals surface area contributed by atoms with Gasteiger partial charge in [0.2, 0.25) is 6.10 Å². The predicted octanol–water partition coefficient (Wildman–Crippen LogP) is 1.77. The molecule has 4 heterocycles. The molecule has 1 saturated heterocycles. The molecule has 0 bridgehead atoms. The van der Waals surface area contributed by atoms with Crippen LogP contribution >= 0.6 is 0 Å². The Labute approximate surface area is 174 Å². The fourth-order valence-electron chi connectivity index (χ4n) is 3.95. The number of rotatable bonds is 5. The summed E-state index contributed by atoms with van der Waals surface area (Å²) in [5, 5.41) is 8.33. The van der Waals surface area contributed by atoms with Gasteiger partial charge in [0.1, 0.15) is 18.8 Å². The number of nitrogens with zero attached hydrogens (tertiary/aromatic N) is 5. The van der Waals surface area contributed by atoms with Crippen molar-refractivity contribution in [3.8, 4) is 11.5 Å². The first-order chi connectivity index (χ1) is 14.8. The topological polar surface area (TPSA) is 94.4 Å². The van der Waals surface area contributed by atoms with Crippen LogP contribution in [-0.2, 0) is 11.3 Å². The lowest BCUT2D eigenvalue weighted by Gasteiger charge is -2.27. The van der Waals surface area contributed by atoms with Crippen LogP contribution in [0.1, 0.15) is 19.3 Å². The SMILES string of the molecule is O=C(NCCn1ncc2c(N3CCCCC3)ncnc21)[C@@H]1COc2ccccc2O1. The highest BCUT2D eigenvalue weighted by Crippen LogP contribution is 2.31. The molecule has 156 valence electrons. The van der Waals surface area contributed by atoms with Crippen molar-refractivity contribution in [3.05, 3.63) is 36.8 Å². The number of fused-ring (bicyclic) bond motifs is 2. The van der Waals surface area contributed by atoms with Gasteiger partial charge in [0.15, 0.2) is 17.1 Å². The Hall–Kier alpha value is -3.36. The van der Waals surface area contributed by atoms with E-state index < -0.39 is 6.10 Å². The van der Waals surface area contributed by atoms with Crippen LogP contribution < -0.4 is 19.7 Å². The second-order valence-electron chi connectivity index (χ2n) is 7.51. The standard InChI is InChI=1S/C21H24N6O3/c28-21(18-13-29-16-6-2-3-7-17(16)30-18)22-8-11-27-20-15(12-25-27)19(23-14-24-20)26-9-4-1-5-10-26/h2-3,6-7,12,14,18H,1,4-5,8-11,13H2,(H,22,28)/t18-/m0/s1. The molecule has 9 heteroatoms. The average molecular weight is 408 g/mol. The summed E-state index contributed by atoms with van der Waals surface area (Å²) in [6.45, 7) is 3.15. The van der Waals surface area contributed by atoms with Crippen molar-refractivity contribution in [2.75, 3.05) is 31.1 Å². The molecule has 0 aliphatic carbocycles. The Morgan fingerprint density at radius 2 is 1.97 bits per heavy atom. The van der Waals surface area contributed by atoms with Gasteiger partial charge >= 0.3 is 0 Å². The lowest BCUT2D eigenvalue weighted by molar-refractivity contribution is -0.130. The molecule has 5 rings (SSSR count). The number of benzene rings is 1. The molecule has 1 N–H and O–H groups in total. The fraction of sp³-hybridized carbons (Fsp3) is 0.429. The number of para-hydroxylation sites is 2. The zero-order valence-corrected chi connectivity index (χ0v) is 16.7. The number of anilines is 1. The molecule has 0 radical (unpaired) electrons. The van der Waals surface area contributed by atoms with Crippen molar-refractivity contribution < 1.29 is 14.3 Å². The first-order valence-electron chi connectivity index (χ1n) is 10.4. The average Bonchev–Trinajstić information content (AvgIpc) is 3.22. The van der Waals surface area contributed by atoms with E-state index in [0.29, 0.717) is 24.6 Å². The molecular formula is C21H24N6O3. The van der Waals surface area contributed by atoms with Gasteiger partial charge in [-0.05, 0) is 31.4 Å². The molecule has 1 amide bonds. The third kappa shape index (κ3) is 3.62. The van der Waals surface area contributed by atoms with E-state index in [4.69, 9.17) is 9.47 Å². The third-order valence-electron chi connectivity index (χ3n) is 5.49. The third-order valence-corrected chi connectivity index (χ3v) is 5.49. The van der Waals surface area contributed by atoms with E-state index in [1.807, 2.05) is 24.4 Å². The predicted molar refractivity (Wildman–Crippen MR) is 111 cm³/mol. The monoisotopic (exact) mass is 408 g/mol. The highest BCUT2D eigenvalue weighted by Gasteiger charge is 2.27. The quantitative estimate of drug-likeness (QED) is 0.688. The molecule has 2 aromatic heterocycles. The maximum atomic E-state index is 12.5. The van der Waals surface area contributed by atoms with Crippen molar-refractivity contribution in [3.63, 3.8) is 0 Å². The van der Waals surface area contributed by atoms with E-state index >= 15 is 0 Å². The van der Waals surface area contributed by atoms with Gasteiger partial charge in [0, 0.05) is 19.6 Å². The maximum Gasteiger partial charge on any atom is 0.264 e. The molecule has 30 heavy (non-hydrogen) atoms. The fourth-order valence-corrected chi connectivity index (χ4v) is 3.95. The lowest BCUT2D eigenvalue weighted by atomic mass is 10.1. The van der Waals surface area contributed by atoms with Crippen LogP contribution in [-0.4, -0.2) is 58.0 Å². The molecule has 0 saturated carbocycles. The zero-order valence-electron chi connectivity index (χ0n) is 16.7. The zero-order chi connectivity index (χ0) is 20.3. The Kier molecular flexibility index (Phi) is 5.08. The summed E-state index contributed by atoms with van der Waals surface area (Å²) in [6, 6.07) is 7.35. The van der Waals surface area contributed by atoms with Crippen molar-refractivity contribution in [1.29, 1.82) is 0 Å². The summed E-state index contributed by atoms with van der Waals surface area (Å²) in [4.78, 5) is 23.7. The summed E-state index contributed by atoms with van der Waals surface area (Å²) in [7, 11) is 0. The number of piperidine rings is 1. The van der Waals surface area contributed by atoms with E-state index in [9.17, 15) is 4.79 Å². The van der Waals surface area contributed by atoms with E-state index in [1.165, 1.54) is 19.3 Å². The molecule has 0 spiro atoms. The van der Waals surface area contributed by atoms with Crippen molar-refractivity contribution >= 4 is 22.8 Å². The van der Waals surface area contributed by atoms with E-state index in [1.54, 1.807) is 17.1 Å². The van der Waals surface area contributed by atoms with Crippen LogP contribution in [0.2, 0.25) is 0 Å². The van der Waals surface area contributed by atoms with Crippen LogP contribution in [0.3, 0.4) is 0 Å². The van der Waals surface area contributed by atoms with Gasteiger partial charge in [-0.15, -0.1) is 0 Å². The second-order valence-corrected chi connectivity index (χ2v) is 7.51. The molecule has 3 aromatic rings. The summed E-state index contributed by atoms with van der Waals surface area (Å²) in [5.41, 5.74) is 0.783. The van der Waals surface area contributed by atoms with Gasteiger partial charge in [-0.2, -0.15) is 5.10 Å². The summed E-state index contributed by atoms with van der Waals surface area (Å²) < 4.78 is 13.2. The summed E-state index contributed by atoms with van der Waals surface area (Å²) >= 11 is 0. The van der Waals surface area contributed by atoms with Gasteiger partial charge in [0.05, 0.1) is 18.1 Å². The first kappa shape index (κ1) is 18.7. The summed E-state index contributed by atoms with van der Waals surface area (Å²) in [6.07, 6.45) is 6.38. The molecule has 2 aliphatic heterocycles. The smallest absolute Gasteiger partial charge is 0.264 e. The molecule has 1 fully saturated rings. The number of aromatic nitrogens is 4. The first-order valence-corrected chi connectivity index (χ1v) is 10.4. The Morgan fingerprint density at radius 3 is 2.83 bits per heavy atom. The Balaban J connectivity index is 1.21. The van der Waals surface area contributed by atoms with Gasteiger partial charge in [0.25, 0.3) is 5.91 Å². The van der Waals surface area contributed by atoms with Crippen molar-refractivity contribution in [2.24, 2.45) is 0 Å². The normalized spacial score (nSPS) is 18.4. The minimum Gasteiger partial charge on any atom is -0.485 e. The number of hydrogen-bond donors (Lipinski definition) is 1. The second kappa shape index (κ2) is 8.17. The molecular weight excluding hydrogens is 384 g/mol. The van der Waals surface area contributed by atoms with Crippen LogP contribution in [0.15, 0.2) is 36.8 Å². The number of carbonyl (C=O) groups excluding carboxylic acids is 1. The number of ether oxygens (including phenoxy) is 2. The van der Waals surface area contributed by atoms with Gasteiger partial charge in [-0.25, -0.2) is 14.6 Å². The molecule has 2 aliphatic rings. The van der Waals surface area contributed by atoms with Gasteiger partial charge < -0.3 is 19.7 Å². The van der Waals surface area contributed by atoms with Gasteiger partial charge in [-0.3, -0.25) is 4.79 Å². The van der Waals surface area contributed by atoms with E-state index in [-0.39, 0.29) is 12.5 Å². The molecule has 9 nitrogen and oxygen atoms in total. The maximum absolute atomic E-state index is 12.5. The number of nitrogens with one attached hydrogen (secondary N) is 1. The van der Waals surface area contributed by atoms with Crippen LogP contribution in [0.4, 0.5) is 5.82 Å². The van der Waals surface area contributed by atoms with Crippen LogP contribution in [0.25, 0.3) is 11.0 Å². The number of amides is 1. The van der Waals surface area contributed by atoms with E-state index in [0.717, 1.165) is 29.9 Å². The molecule has 0 unspecified atom stereocenters. The summed E-state index contributed by atoms with van der Waals surface area (Å²) in [5.74, 6) is 1.99. The largest absolute Gasteiger partial charge is 0.485 e. The highest BCUT2D eigenvalue weighted by atomic mass is 16.6.